The van der Waals surface area contributed by atoms with Crippen LogP contribution in [0.3, 0.4) is 0 Å². The van der Waals surface area contributed by atoms with E-state index in [4.69, 9.17) is 0 Å². The zero-order valence-corrected chi connectivity index (χ0v) is 14.8. The lowest BCUT2D eigenvalue weighted by molar-refractivity contribution is -0.115. The molecule has 3 nitrogen and oxygen atoms in total. The van der Waals surface area contributed by atoms with Gasteiger partial charge in [0.25, 0.3) is 0 Å². The third-order valence-electron chi connectivity index (χ3n) is 3.53. The fourth-order valence-electron chi connectivity index (χ4n) is 2.37. The van der Waals surface area contributed by atoms with E-state index < -0.39 is 0 Å². The summed E-state index contributed by atoms with van der Waals surface area (Å²) in [6.45, 7) is 4.10. The number of rotatable bonds is 5. The summed E-state index contributed by atoms with van der Waals surface area (Å²) < 4.78 is 0. The van der Waals surface area contributed by atoms with Crippen LogP contribution in [0.2, 0.25) is 0 Å². The lowest BCUT2D eigenvalue weighted by Gasteiger charge is -2.06. The topological polar surface area (TPSA) is 42.0 Å². The highest BCUT2D eigenvalue weighted by atomic mass is 32.1. The highest BCUT2D eigenvalue weighted by molar-refractivity contribution is 7.15. The number of nitrogens with one attached hydrogen (secondary N) is 1. The molecule has 2 aromatic heterocycles. The van der Waals surface area contributed by atoms with Crippen LogP contribution in [-0.4, -0.2) is 10.9 Å². The molecular formula is C18H18N2OS2. The van der Waals surface area contributed by atoms with Crippen LogP contribution in [-0.2, 0) is 17.6 Å². The molecule has 0 radical (unpaired) electrons. The summed E-state index contributed by atoms with van der Waals surface area (Å²) in [5.74, 6) is -0.00398. The molecule has 1 N–H and O–H groups in total. The third-order valence-corrected chi connectivity index (χ3v) is 5.37. The Labute approximate surface area is 144 Å². The van der Waals surface area contributed by atoms with E-state index in [1.165, 1.54) is 5.56 Å². The van der Waals surface area contributed by atoms with Crippen LogP contribution in [0.1, 0.15) is 22.4 Å². The molecule has 0 atom stereocenters. The van der Waals surface area contributed by atoms with Crippen molar-refractivity contribution in [3.63, 3.8) is 0 Å². The number of thiophene rings is 1. The van der Waals surface area contributed by atoms with Gasteiger partial charge in [-0.2, -0.15) is 0 Å². The monoisotopic (exact) mass is 342 g/mol. The number of aromatic nitrogens is 1. The van der Waals surface area contributed by atoms with Gasteiger partial charge in [0.15, 0.2) is 0 Å². The van der Waals surface area contributed by atoms with E-state index in [1.807, 2.05) is 48.7 Å². The quantitative estimate of drug-likeness (QED) is 0.715. The van der Waals surface area contributed by atoms with E-state index >= 15 is 0 Å². The van der Waals surface area contributed by atoms with Crippen molar-refractivity contribution in [3.05, 3.63) is 57.2 Å². The van der Waals surface area contributed by atoms with Gasteiger partial charge in [0.05, 0.1) is 22.0 Å². The minimum atomic E-state index is -0.00398. The predicted molar refractivity (Wildman–Crippen MR) is 98.3 cm³/mol. The maximum absolute atomic E-state index is 12.3. The number of amides is 1. The largest absolute Gasteiger partial charge is 0.326 e. The molecule has 3 rings (SSSR count). The minimum Gasteiger partial charge on any atom is -0.326 e. The Morgan fingerprint density at radius 1 is 1.22 bits per heavy atom. The molecule has 0 bridgehead atoms. The number of aryl methyl sites for hydroxylation is 2. The summed E-state index contributed by atoms with van der Waals surface area (Å²) in [7, 11) is 0. The van der Waals surface area contributed by atoms with E-state index in [0.29, 0.717) is 6.42 Å². The third kappa shape index (κ3) is 3.86. The van der Waals surface area contributed by atoms with Crippen LogP contribution in [0.4, 0.5) is 5.69 Å². The van der Waals surface area contributed by atoms with Gasteiger partial charge in [0.1, 0.15) is 0 Å². The molecule has 1 amide bonds. The lowest BCUT2D eigenvalue weighted by atomic mass is 10.1. The molecule has 0 aliphatic carbocycles. The normalized spacial score (nSPS) is 10.7. The van der Waals surface area contributed by atoms with Gasteiger partial charge >= 0.3 is 0 Å². The van der Waals surface area contributed by atoms with Crippen molar-refractivity contribution in [1.82, 2.24) is 4.98 Å². The minimum absolute atomic E-state index is 0.00398. The Hall–Kier alpha value is -1.98. The van der Waals surface area contributed by atoms with Crippen molar-refractivity contribution < 1.29 is 4.79 Å². The molecule has 2 heterocycles. The number of benzene rings is 1. The van der Waals surface area contributed by atoms with Crippen molar-refractivity contribution in [3.8, 4) is 10.6 Å². The van der Waals surface area contributed by atoms with Crippen LogP contribution < -0.4 is 5.32 Å². The first-order valence-corrected chi connectivity index (χ1v) is 9.24. The number of hydrogen-bond acceptors (Lipinski definition) is 4. The van der Waals surface area contributed by atoms with E-state index in [1.54, 1.807) is 22.7 Å². The van der Waals surface area contributed by atoms with Crippen LogP contribution in [0.15, 0.2) is 41.8 Å². The Bertz CT molecular complexity index is 789. The molecule has 0 saturated carbocycles. The standard InChI is InChI=1S/C18H18N2OS2/c1-3-13-6-8-14(9-7-13)20-17(21)11-16-18(19-12(2)23-16)15-5-4-10-22-15/h4-10H,3,11H2,1-2H3,(H,20,21). The average molecular weight is 342 g/mol. The van der Waals surface area contributed by atoms with Crippen molar-refractivity contribution in [1.29, 1.82) is 0 Å². The second kappa shape index (κ2) is 7.06. The van der Waals surface area contributed by atoms with Gasteiger partial charge < -0.3 is 5.32 Å². The Morgan fingerprint density at radius 3 is 2.65 bits per heavy atom. The van der Waals surface area contributed by atoms with E-state index in [-0.39, 0.29) is 5.91 Å². The number of carbonyl (C=O) groups excluding carboxylic acids is 1. The molecule has 0 aliphatic heterocycles. The Balaban J connectivity index is 1.73. The molecule has 0 saturated heterocycles. The summed E-state index contributed by atoms with van der Waals surface area (Å²) in [5.41, 5.74) is 3.05. The lowest BCUT2D eigenvalue weighted by Crippen LogP contribution is -2.14. The molecule has 0 unspecified atom stereocenters. The molecule has 3 aromatic rings. The SMILES string of the molecule is CCc1ccc(NC(=O)Cc2sc(C)nc2-c2cccs2)cc1. The summed E-state index contributed by atoms with van der Waals surface area (Å²) >= 11 is 3.24. The number of nitrogens with zero attached hydrogens (tertiary/aromatic N) is 1. The maximum Gasteiger partial charge on any atom is 0.229 e. The molecule has 23 heavy (non-hydrogen) atoms. The van der Waals surface area contributed by atoms with Gasteiger partial charge in [0.2, 0.25) is 5.91 Å². The molecule has 0 spiro atoms. The van der Waals surface area contributed by atoms with Gasteiger partial charge in [0, 0.05) is 10.6 Å². The highest BCUT2D eigenvalue weighted by Gasteiger charge is 2.15. The van der Waals surface area contributed by atoms with E-state index in [0.717, 1.165) is 32.6 Å². The molecular weight excluding hydrogens is 324 g/mol. The zero-order valence-electron chi connectivity index (χ0n) is 13.1. The van der Waals surface area contributed by atoms with Crippen LogP contribution in [0, 0.1) is 6.92 Å². The van der Waals surface area contributed by atoms with Gasteiger partial charge in [-0.05, 0) is 42.5 Å². The first-order chi connectivity index (χ1) is 11.2. The van der Waals surface area contributed by atoms with Crippen LogP contribution in [0.25, 0.3) is 10.6 Å². The average Bonchev–Trinajstić information content (AvgIpc) is 3.17. The number of hydrogen-bond donors (Lipinski definition) is 1. The molecule has 5 heteroatoms. The van der Waals surface area contributed by atoms with Gasteiger partial charge in [-0.25, -0.2) is 4.98 Å². The number of anilines is 1. The first kappa shape index (κ1) is 15.9. The second-order valence-corrected chi connectivity index (χ2v) is 7.49. The number of thiazole rings is 1. The predicted octanol–water partition coefficient (Wildman–Crippen LogP) is 4.92. The Kier molecular flexibility index (Phi) is 4.88. The summed E-state index contributed by atoms with van der Waals surface area (Å²) in [6, 6.07) is 12.1. The second-order valence-electron chi connectivity index (χ2n) is 5.26. The smallest absolute Gasteiger partial charge is 0.229 e. The fourth-order valence-corrected chi connectivity index (χ4v) is 4.12. The van der Waals surface area contributed by atoms with Crippen molar-refractivity contribution in [2.75, 3.05) is 5.32 Å². The van der Waals surface area contributed by atoms with Crippen molar-refractivity contribution in [2.45, 2.75) is 26.7 Å². The Morgan fingerprint density at radius 2 is 2.00 bits per heavy atom. The fraction of sp³-hybridized carbons (Fsp3) is 0.222. The van der Waals surface area contributed by atoms with E-state index in [2.05, 4.69) is 17.2 Å². The highest BCUT2D eigenvalue weighted by Crippen LogP contribution is 2.31. The van der Waals surface area contributed by atoms with Crippen LogP contribution >= 0.6 is 22.7 Å². The van der Waals surface area contributed by atoms with Crippen molar-refractivity contribution >= 4 is 34.3 Å². The van der Waals surface area contributed by atoms with Crippen molar-refractivity contribution in [2.24, 2.45) is 0 Å². The number of carbonyl (C=O) groups is 1. The molecule has 118 valence electrons. The van der Waals surface area contributed by atoms with Gasteiger partial charge in [-0.3, -0.25) is 4.79 Å². The van der Waals surface area contributed by atoms with Gasteiger partial charge in [-0.15, -0.1) is 22.7 Å². The molecule has 0 fully saturated rings. The summed E-state index contributed by atoms with van der Waals surface area (Å²) in [4.78, 5) is 19.1. The maximum atomic E-state index is 12.3. The van der Waals surface area contributed by atoms with E-state index in [9.17, 15) is 4.79 Å². The molecule has 1 aromatic carbocycles. The summed E-state index contributed by atoms with van der Waals surface area (Å²) in [5, 5.41) is 5.99. The summed E-state index contributed by atoms with van der Waals surface area (Å²) in [6.07, 6.45) is 1.35. The van der Waals surface area contributed by atoms with Crippen LogP contribution in [0.5, 0.6) is 0 Å². The van der Waals surface area contributed by atoms with Gasteiger partial charge in [-0.1, -0.05) is 25.1 Å². The molecule has 0 aliphatic rings. The first-order valence-electron chi connectivity index (χ1n) is 7.54. The zero-order chi connectivity index (χ0) is 16.2.